The Bertz CT molecular complexity index is 551. The predicted octanol–water partition coefficient (Wildman–Crippen LogP) is 2.79. The number of aromatic nitrogens is 2. The molecule has 0 aliphatic carbocycles. The maximum atomic E-state index is 12.2. The molecule has 0 amide bonds. The normalized spacial score (nSPS) is 12.3. The highest BCUT2D eigenvalue weighted by Gasteiger charge is 2.18. The fourth-order valence-corrected chi connectivity index (χ4v) is 3.28. The number of benzene rings is 1. The first-order valence-corrected chi connectivity index (χ1v) is 7.12. The lowest BCUT2D eigenvalue weighted by molar-refractivity contribution is 0.0994. The van der Waals surface area contributed by atoms with Gasteiger partial charge in [0.05, 0.1) is 5.25 Å². The average Bonchev–Trinajstić information content (AvgIpc) is 2.75. The molecule has 0 saturated carbocycles. The van der Waals surface area contributed by atoms with E-state index >= 15 is 0 Å². The lowest BCUT2D eigenvalue weighted by Crippen LogP contribution is -2.13. The first-order valence-electron chi connectivity index (χ1n) is 5.43. The molecular weight excluding hydrogens is 266 g/mol. The number of carbonyl (C=O) groups excluding carboxylic acids is 1. The van der Waals surface area contributed by atoms with Gasteiger partial charge in [-0.05, 0) is 13.8 Å². The van der Waals surface area contributed by atoms with Crippen molar-refractivity contribution < 1.29 is 4.79 Å². The van der Waals surface area contributed by atoms with E-state index in [4.69, 9.17) is 5.73 Å². The Morgan fingerprint density at radius 1 is 1.33 bits per heavy atom. The smallest absolute Gasteiger partial charge is 0.203 e. The molecule has 2 aromatic rings. The van der Waals surface area contributed by atoms with Crippen molar-refractivity contribution in [3.8, 4) is 0 Å². The topological polar surface area (TPSA) is 68.9 Å². The van der Waals surface area contributed by atoms with Crippen LogP contribution in [0, 0.1) is 6.92 Å². The lowest BCUT2D eigenvalue weighted by atomic mass is 10.1. The van der Waals surface area contributed by atoms with E-state index < -0.39 is 0 Å². The van der Waals surface area contributed by atoms with Crippen LogP contribution in [0.4, 0.5) is 5.13 Å². The number of nitrogens with zero attached hydrogens (tertiary/aromatic N) is 2. The Hall–Kier alpha value is -1.40. The van der Waals surface area contributed by atoms with Crippen LogP contribution in [0.3, 0.4) is 0 Å². The van der Waals surface area contributed by atoms with E-state index in [0.717, 1.165) is 15.5 Å². The standard InChI is InChI=1S/C12H13N3OS2/c1-7-3-5-9(6-4-7)10(16)8(2)17-12-15-14-11(13)18-12/h3-6,8H,1-2H3,(H2,13,14)/t8-/m1/s1. The number of nitrogen functional groups attached to an aromatic ring is 1. The van der Waals surface area contributed by atoms with Gasteiger partial charge in [0, 0.05) is 5.56 Å². The molecule has 0 fully saturated rings. The van der Waals surface area contributed by atoms with E-state index in [-0.39, 0.29) is 11.0 Å². The lowest BCUT2D eigenvalue weighted by Gasteiger charge is -2.07. The van der Waals surface area contributed by atoms with E-state index in [1.165, 1.54) is 23.1 Å². The maximum absolute atomic E-state index is 12.2. The van der Waals surface area contributed by atoms with E-state index in [9.17, 15) is 4.79 Å². The first-order chi connectivity index (χ1) is 8.56. The Morgan fingerprint density at radius 3 is 2.56 bits per heavy atom. The van der Waals surface area contributed by atoms with E-state index in [1.807, 2.05) is 38.1 Å². The number of aryl methyl sites for hydroxylation is 1. The van der Waals surface area contributed by atoms with Crippen LogP contribution in [0.5, 0.6) is 0 Å². The summed E-state index contributed by atoms with van der Waals surface area (Å²) in [6.07, 6.45) is 0. The Kier molecular flexibility index (Phi) is 3.98. The molecule has 18 heavy (non-hydrogen) atoms. The molecule has 0 aliphatic heterocycles. The summed E-state index contributed by atoms with van der Waals surface area (Å²) < 4.78 is 0.723. The zero-order valence-electron chi connectivity index (χ0n) is 10.1. The fraction of sp³-hybridized carbons (Fsp3) is 0.250. The minimum atomic E-state index is -0.194. The maximum Gasteiger partial charge on any atom is 0.203 e. The van der Waals surface area contributed by atoms with Crippen LogP contribution in [0.1, 0.15) is 22.8 Å². The van der Waals surface area contributed by atoms with Gasteiger partial charge >= 0.3 is 0 Å². The molecule has 0 aliphatic rings. The minimum Gasteiger partial charge on any atom is -0.374 e. The van der Waals surface area contributed by atoms with Crippen molar-refractivity contribution in [2.45, 2.75) is 23.4 Å². The van der Waals surface area contributed by atoms with Crippen molar-refractivity contribution in [3.05, 3.63) is 35.4 Å². The number of hydrogen-bond donors (Lipinski definition) is 1. The largest absolute Gasteiger partial charge is 0.374 e. The van der Waals surface area contributed by atoms with Gasteiger partial charge in [0.25, 0.3) is 0 Å². The summed E-state index contributed by atoms with van der Waals surface area (Å²) in [7, 11) is 0. The molecule has 4 nitrogen and oxygen atoms in total. The highest BCUT2D eigenvalue weighted by Crippen LogP contribution is 2.29. The molecular formula is C12H13N3OS2. The van der Waals surface area contributed by atoms with Crippen molar-refractivity contribution in [2.24, 2.45) is 0 Å². The zero-order chi connectivity index (χ0) is 13.1. The van der Waals surface area contributed by atoms with Gasteiger partial charge in [-0.25, -0.2) is 0 Å². The molecule has 2 N–H and O–H groups in total. The van der Waals surface area contributed by atoms with Crippen LogP contribution in [-0.2, 0) is 0 Å². The predicted molar refractivity (Wildman–Crippen MR) is 75.1 cm³/mol. The molecule has 1 aromatic carbocycles. The quantitative estimate of drug-likeness (QED) is 0.688. The van der Waals surface area contributed by atoms with Gasteiger partial charge in [-0.1, -0.05) is 52.9 Å². The van der Waals surface area contributed by atoms with Gasteiger partial charge < -0.3 is 5.73 Å². The summed E-state index contributed by atoms with van der Waals surface area (Å²) in [5.74, 6) is 0.0915. The summed E-state index contributed by atoms with van der Waals surface area (Å²) in [6.45, 7) is 3.86. The second-order valence-electron chi connectivity index (χ2n) is 3.90. The molecule has 0 unspecified atom stereocenters. The third-order valence-electron chi connectivity index (χ3n) is 2.40. The number of Topliss-reactive ketones (excluding diaryl/α,β-unsaturated/α-hetero) is 1. The Labute approximate surface area is 114 Å². The molecule has 1 atom stereocenters. The number of ketones is 1. The average molecular weight is 279 g/mol. The third-order valence-corrected chi connectivity index (χ3v) is 4.34. The number of thioether (sulfide) groups is 1. The van der Waals surface area contributed by atoms with Crippen LogP contribution in [-0.4, -0.2) is 21.2 Å². The molecule has 0 spiro atoms. The van der Waals surface area contributed by atoms with E-state index in [0.29, 0.717) is 5.13 Å². The van der Waals surface area contributed by atoms with Crippen molar-refractivity contribution in [1.29, 1.82) is 0 Å². The Morgan fingerprint density at radius 2 is 2.00 bits per heavy atom. The van der Waals surface area contributed by atoms with Crippen LogP contribution >= 0.6 is 23.1 Å². The number of carbonyl (C=O) groups is 1. The molecule has 2 rings (SSSR count). The molecule has 1 heterocycles. The van der Waals surface area contributed by atoms with Crippen molar-refractivity contribution in [2.75, 3.05) is 5.73 Å². The van der Waals surface area contributed by atoms with E-state index in [2.05, 4.69) is 10.2 Å². The van der Waals surface area contributed by atoms with Crippen LogP contribution in [0.2, 0.25) is 0 Å². The summed E-state index contributed by atoms with van der Waals surface area (Å²) in [5, 5.41) is 7.86. The SMILES string of the molecule is Cc1ccc(C(=O)[C@@H](C)Sc2nnc(N)s2)cc1. The Balaban J connectivity index is 2.07. The van der Waals surface area contributed by atoms with Crippen molar-refractivity contribution >= 4 is 34.0 Å². The van der Waals surface area contributed by atoms with Gasteiger partial charge in [-0.3, -0.25) is 4.79 Å². The van der Waals surface area contributed by atoms with Crippen LogP contribution in [0.25, 0.3) is 0 Å². The molecule has 0 bridgehead atoms. The van der Waals surface area contributed by atoms with Crippen molar-refractivity contribution in [1.82, 2.24) is 10.2 Å². The highest BCUT2D eigenvalue weighted by atomic mass is 32.2. The molecule has 0 saturated heterocycles. The fourth-order valence-electron chi connectivity index (χ4n) is 1.43. The molecule has 94 valence electrons. The first kappa shape index (κ1) is 13.0. The number of rotatable bonds is 4. The van der Waals surface area contributed by atoms with Gasteiger partial charge in [0.2, 0.25) is 5.13 Å². The van der Waals surface area contributed by atoms with Gasteiger partial charge in [0.1, 0.15) is 0 Å². The third kappa shape index (κ3) is 3.08. The monoisotopic (exact) mass is 279 g/mol. The van der Waals surface area contributed by atoms with Crippen LogP contribution < -0.4 is 5.73 Å². The van der Waals surface area contributed by atoms with Crippen LogP contribution in [0.15, 0.2) is 28.6 Å². The second-order valence-corrected chi connectivity index (χ2v) is 6.49. The second kappa shape index (κ2) is 5.49. The molecule has 1 aromatic heterocycles. The molecule has 0 radical (unpaired) electrons. The van der Waals surface area contributed by atoms with Gasteiger partial charge in [-0.2, -0.15) is 0 Å². The number of nitrogens with two attached hydrogens (primary N) is 1. The van der Waals surface area contributed by atoms with Crippen molar-refractivity contribution in [3.63, 3.8) is 0 Å². The van der Waals surface area contributed by atoms with Gasteiger partial charge in [-0.15, -0.1) is 10.2 Å². The highest BCUT2D eigenvalue weighted by molar-refractivity contribution is 8.02. The van der Waals surface area contributed by atoms with Gasteiger partial charge in [0.15, 0.2) is 10.1 Å². The summed E-state index contributed by atoms with van der Waals surface area (Å²) >= 11 is 2.68. The minimum absolute atomic E-state index is 0.0915. The summed E-state index contributed by atoms with van der Waals surface area (Å²) in [4.78, 5) is 12.2. The number of hydrogen-bond acceptors (Lipinski definition) is 6. The van der Waals surface area contributed by atoms with E-state index in [1.54, 1.807) is 0 Å². The zero-order valence-corrected chi connectivity index (χ0v) is 11.7. The molecule has 6 heteroatoms. The summed E-state index contributed by atoms with van der Waals surface area (Å²) in [6, 6.07) is 7.58. The number of anilines is 1. The summed E-state index contributed by atoms with van der Waals surface area (Å²) in [5.41, 5.74) is 7.37.